The summed E-state index contributed by atoms with van der Waals surface area (Å²) in [6, 6.07) is 23.8. The third-order valence-corrected chi connectivity index (χ3v) is 7.70. The Morgan fingerprint density at radius 3 is 2.41 bits per heavy atom. The van der Waals surface area contributed by atoms with Gasteiger partial charge in [0.05, 0.1) is 17.3 Å². The fourth-order valence-electron chi connectivity index (χ4n) is 4.44. The van der Waals surface area contributed by atoms with Gasteiger partial charge in [-0.3, -0.25) is 4.79 Å². The van der Waals surface area contributed by atoms with Crippen LogP contribution >= 0.6 is 27.7 Å². The summed E-state index contributed by atoms with van der Waals surface area (Å²) < 4.78 is 0.938. The van der Waals surface area contributed by atoms with E-state index in [1.165, 1.54) is 0 Å². The topological polar surface area (TPSA) is 85.8 Å². The Morgan fingerprint density at radius 2 is 1.62 bits per heavy atom. The molecule has 3 N–H and O–H groups in total. The number of hydrogen-bond acceptors (Lipinski definition) is 5. The number of fused-ring (bicyclic) bond motifs is 1. The summed E-state index contributed by atoms with van der Waals surface area (Å²) in [4.78, 5) is 33.2. The standard InChI is InChI=1S/C28H26BrN5O2S/c1-18-24(26(35)31-21-8-3-2-4-9-21)25(34-15-6-16-37-28(34)30-18)19-7-5-10-23(17-19)33-27(36)32-22-13-11-20(29)12-14-22/h2-5,7-14,17,25H,6,15-16H2,1H3,(H,31,35)(H2,32,33,36)/t25-/m1/s1. The summed E-state index contributed by atoms with van der Waals surface area (Å²) in [6.07, 6.45) is 1.00. The maximum Gasteiger partial charge on any atom is 0.323 e. The van der Waals surface area contributed by atoms with Crippen molar-refractivity contribution in [3.8, 4) is 0 Å². The average Bonchev–Trinajstić information content (AvgIpc) is 2.90. The van der Waals surface area contributed by atoms with E-state index < -0.39 is 0 Å². The number of hydrogen-bond donors (Lipinski definition) is 3. The number of rotatable bonds is 5. The lowest BCUT2D eigenvalue weighted by Crippen LogP contribution is -2.43. The zero-order chi connectivity index (χ0) is 25.8. The monoisotopic (exact) mass is 575 g/mol. The van der Waals surface area contributed by atoms with E-state index in [1.807, 2.05) is 85.8 Å². The minimum atomic E-state index is -0.340. The van der Waals surface area contributed by atoms with Gasteiger partial charge >= 0.3 is 6.03 Å². The largest absolute Gasteiger partial charge is 0.340 e. The van der Waals surface area contributed by atoms with Crippen molar-refractivity contribution >= 4 is 61.9 Å². The first kappa shape index (κ1) is 25.1. The van der Waals surface area contributed by atoms with Crippen LogP contribution in [0.1, 0.15) is 24.9 Å². The third kappa shape index (κ3) is 5.89. The van der Waals surface area contributed by atoms with Gasteiger partial charge < -0.3 is 20.9 Å². The van der Waals surface area contributed by atoms with Crippen LogP contribution in [0.15, 0.2) is 99.6 Å². The minimum Gasteiger partial charge on any atom is -0.340 e. The molecule has 0 aromatic heterocycles. The highest BCUT2D eigenvalue weighted by molar-refractivity contribution is 9.10. The Labute approximate surface area is 228 Å². The molecule has 188 valence electrons. The number of nitrogens with zero attached hydrogens (tertiary/aromatic N) is 2. The molecule has 0 aliphatic carbocycles. The lowest BCUT2D eigenvalue weighted by molar-refractivity contribution is -0.113. The van der Waals surface area contributed by atoms with Crippen LogP contribution in [-0.2, 0) is 4.79 Å². The molecular formula is C28H26BrN5O2S. The number of thioether (sulfide) groups is 1. The van der Waals surface area contributed by atoms with Crippen molar-refractivity contribution in [2.45, 2.75) is 19.4 Å². The van der Waals surface area contributed by atoms with Crippen molar-refractivity contribution in [3.05, 3.63) is 100 Å². The Bertz CT molecular complexity index is 1370. The Kier molecular flexibility index (Phi) is 7.62. The second-order valence-electron chi connectivity index (χ2n) is 8.72. The molecule has 3 amide bonds. The van der Waals surface area contributed by atoms with E-state index in [4.69, 9.17) is 4.99 Å². The molecule has 7 nitrogen and oxygen atoms in total. The van der Waals surface area contributed by atoms with Gasteiger partial charge in [0.2, 0.25) is 0 Å². The zero-order valence-corrected chi connectivity index (χ0v) is 22.6. The quantitative estimate of drug-likeness (QED) is 0.310. The first-order chi connectivity index (χ1) is 18.0. The van der Waals surface area contributed by atoms with Crippen molar-refractivity contribution in [2.24, 2.45) is 4.99 Å². The molecule has 1 atom stereocenters. The van der Waals surface area contributed by atoms with Gasteiger partial charge in [0.25, 0.3) is 5.91 Å². The molecule has 2 heterocycles. The van der Waals surface area contributed by atoms with Crippen LogP contribution in [0.4, 0.5) is 21.9 Å². The Hall–Kier alpha value is -3.56. The van der Waals surface area contributed by atoms with E-state index in [1.54, 1.807) is 11.8 Å². The summed E-state index contributed by atoms with van der Waals surface area (Å²) in [5.41, 5.74) is 4.27. The number of anilines is 3. The van der Waals surface area contributed by atoms with E-state index in [9.17, 15) is 9.59 Å². The van der Waals surface area contributed by atoms with Crippen LogP contribution in [0.25, 0.3) is 0 Å². The molecule has 3 aromatic carbocycles. The first-order valence-corrected chi connectivity index (χ1v) is 13.7. The smallest absolute Gasteiger partial charge is 0.323 e. The minimum absolute atomic E-state index is 0.182. The van der Waals surface area contributed by atoms with Crippen LogP contribution in [0.3, 0.4) is 0 Å². The molecule has 0 bridgehead atoms. The third-order valence-electron chi connectivity index (χ3n) is 6.10. The molecule has 5 rings (SSSR count). The van der Waals surface area contributed by atoms with Crippen LogP contribution in [0.2, 0.25) is 0 Å². The summed E-state index contributed by atoms with van der Waals surface area (Å²) in [5, 5.41) is 9.73. The summed E-state index contributed by atoms with van der Waals surface area (Å²) in [7, 11) is 0. The van der Waals surface area contributed by atoms with Gasteiger partial charge in [0.1, 0.15) is 0 Å². The number of urea groups is 1. The zero-order valence-electron chi connectivity index (χ0n) is 20.2. The maximum absolute atomic E-state index is 13.6. The maximum atomic E-state index is 13.6. The molecule has 3 aromatic rings. The summed E-state index contributed by atoms with van der Waals surface area (Å²) in [5.74, 6) is 0.817. The highest BCUT2D eigenvalue weighted by atomic mass is 79.9. The fraction of sp³-hybridized carbons (Fsp3) is 0.179. The van der Waals surface area contributed by atoms with Crippen molar-refractivity contribution in [1.82, 2.24) is 4.90 Å². The number of carbonyl (C=O) groups is 2. The van der Waals surface area contributed by atoms with E-state index >= 15 is 0 Å². The van der Waals surface area contributed by atoms with Crippen molar-refractivity contribution < 1.29 is 9.59 Å². The van der Waals surface area contributed by atoms with E-state index in [0.29, 0.717) is 22.6 Å². The molecule has 0 spiro atoms. The SMILES string of the molecule is CC1=C(C(=O)Nc2ccccc2)[C@@H](c2cccc(NC(=O)Nc3ccc(Br)cc3)c2)N2CCCSC2=N1. The van der Waals surface area contributed by atoms with Crippen molar-refractivity contribution in [1.29, 1.82) is 0 Å². The number of halogens is 1. The van der Waals surface area contributed by atoms with Crippen LogP contribution in [0, 0.1) is 0 Å². The normalized spacial score (nSPS) is 17.0. The summed E-state index contributed by atoms with van der Waals surface area (Å²) >= 11 is 5.11. The summed E-state index contributed by atoms with van der Waals surface area (Å²) in [6.45, 7) is 2.69. The van der Waals surface area contributed by atoms with Crippen LogP contribution < -0.4 is 16.0 Å². The van der Waals surface area contributed by atoms with E-state index in [-0.39, 0.29) is 18.0 Å². The Morgan fingerprint density at radius 1 is 0.919 bits per heavy atom. The Balaban J connectivity index is 1.43. The van der Waals surface area contributed by atoms with E-state index in [0.717, 1.165) is 39.6 Å². The van der Waals surface area contributed by atoms with E-state index in [2.05, 4.69) is 36.8 Å². The molecule has 0 radical (unpaired) electrons. The van der Waals surface area contributed by atoms with Gasteiger partial charge in [-0.1, -0.05) is 58.0 Å². The molecule has 2 aliphatic rings. The fourth-order valence-corrected chi connectivity index (χ4v) is 5.72. The number of amides is 3. The average molecular weight is 577 g/mol. The lowest BCUT2D eigenvalue weighted by Gasteiger charge is -2.41. The molecule has 2 aliphatic heterocycles. The predicted octanol–water partition coefficient (Wildman–Crippen LogP) is 6.86. The molecule has 9 heteroatoms. The van der Waals surface area contributed by atoms with Crippen LogP contribution in [-0.4, -0.2) is 34.3 Å². The van der Waals surface area contributed by atoms with Crippen molar-refractivity contribution in [2.75, 3.05) is 28.2 Å². The number of amidine groups is 1. The van der Waals surface area contributed by atoms with Gasteiger partial charge in [-0.15, -0.1) is 0 Å². The second kappa shape index (κ2) is 11.2. The van der Waals surface area contributed by atoms with Gasteiger partial charge in [-0.2, -0.15) is 0 Å². The van der Waals surface area contributed by atoms with Gasteiger partial charge in [-0.05, 0) is 67.4 Å². The number of para-hydroxylation sites is 1. The molecule has 1 saturated heterocycles. The highest BCUT2D eigenvalue weighted by Crippen LogP contribution is 2.40. The van der Waals surface area contributed by atoms with Crippen molar-refractivity contribution in [3.63, 3.8) is 0 Å². The van der Waals surface area contributed by atoms with Gasteiger partial charge in [0, 0.05) is 33.8 Å². The van der Waals surface area contributed by atoms with Gasteiger partial charge in [-0.25, -0.2) is 9.79 Å². The lowest BCUT2D eigenvalue weighted by atomic mass is 9.93. The molecule has 0 unspecified atom stereocenters. The number of nitrogens with one attached hydrogen (secondary N) is 3. The van der Waals surface area contributed by atoms with Gasteiger partial charge in [0.15, 0.2) is 5.17 Å². The number of benzene rings is 3. The molecule has 1 fully saturated rings. The first-order valence-electron chi connectivity index (χ1n) is 12.0. The molecule has 37 heavy (non-hydrogen) atoms. The number of allylic oxidation sites excluding steroid dienone is 1. The number of carbonyl (C=O) groups excluding carboxylic acids is 2. The second-order valence-corrected chi connectivity index (χ2v) is 10.7. The number of aliphatic imine (C=N–C) groups is 1. The predicted molar refractivity (Wildman–Crippen MR) is 155 cm³/mol. The highest BCUT2D eigenvalue weighted by Gasteiger charge is 2.37. The van der Waals surface area contributed by atoms with Crippen LogP contribution in [0.5, 0.6) is 0 Å². The molecular weight excluding hydrogens is 550 g/mol. The molecule has 0 saturated carbocycles.